The Morgan fingerprint density at radius 2 is 0.920 bits per heavy atom. The SMILES string of the molecule is C1=C(c2ccccc2)NC(c2cccc(-c3ccc4c(c3)oc3c4ccc4c5ccc(-c6ccccc6)cc5oc43)c2)N=C1c1ccccc1. The minimum atomic E-state index is -0.246. The van der Waals surface area contributed by atoms with Crippen molar-refractivity contribution in [2.45, 2.75) is 6.17 Å². The Balaban J connectivity index is 1.03. The molecule has 50 heavy (non-hydrogen) atoms. The average molecular weight is 643 g/mol. The first-order valence-electron chi connectivity index (χ1n) is 16.9. The molecule has 0 bridgehead atoms. The number of benzene rings is 7. The fourth-order valence-corrected chi connectivity index (χ4v) is 7.19. The second kappa shape index (κ2) is 11.5. The maximum atomic E-state index is 6.61. The number of rotatable bonds is 5. The molecule has 0 fully saturated rings. The highest BCUT2D eigenvalue weighted by Gasteiger charge is 2.21. The molecule has 10 rings (SSSR count). The summed E-state index contributed by atoms with van der Waals surface area (Å²) in [5, 5.41) is 7.95. The molecular formula is C46H30N2O2. The van der Waals surface area contributed by atoms with Crippen LogP contribution in [0.3, 0.4) is 0 Å². The topological polar surface area (TPSA) is 50.7 Å². The zero-order valence-corrected chi connectivity index (χ0v) is 27.0. The van der Waals surface area contributed by atoms with Crippen molar-refractivity contribution in [2.75, 3.05) is 0 Å². The zero-order chi connectivity index (χ0) is 33.0. The van der Waals surface area contributed by atoms with Crippen LogP contribution in [0.15, 0.2) is 184 Å². The van der Waals surface area contributed by atoms with Gasteiger partial charge in [-0.25, -0.2) is 0 Å². The standard InChI is InChI=1S/C46H30N2O2/c1-4-11-29(12-5-1)33-19-21-36-38-23-24-39-37-22-20-34(27-43(37)50-45(39)44(38)49-42(36)26-33)32-17-10-18-35(25-32)46-47-40(30-13-6-2-7-14-30)28-41(48-46)31-15-8-3-9-16-31/h1-28,46-47H. The second-order valence-electron chi connectivity index (χ2n) is 12.8. The first-order valence-corrected chi connectivity index (χ1v) is 16.9. The van der Waals surface area contributed by atoms with E-state index in [1.807, 2.05) is 18.2 Å². The summed E-state index contributed by atoms with van der Waals surface area (Å²) in [4.78, 5) is 5.18. The van der Waals surface area contributed by atoms with Gasteiger partial charge in [0.25, 0.3) is 0 Å². The maximum Gasteiger partial charge on any atom is 0.178 e. The quantitative estimate of drug-likeness (QED) is 0.203. The normalized spacial score (nSPS) is 14.6. The molecule has 236 valence electrons. The Morgan fingerprint density at radius 1 is 0.420 bits per heavy atom. The van der Waals surface area contributed by atoms with Crippen LogP contribution < -0.4 is 5.32 Å². The van der Waals surface area contributed by atoms with Crippen LogP contribution in [0.1, 0.15) is 22.9 Å². The molecule has 1 aliphatic heterocycles. The summed E-state index contributed by atoms with van der Waals surface area (Å²) in [6.45, 7) is 0. The Morgan fingerprint density at radius 3 is 1.54 bits per heavy atom. The fourth-order valence-electron chi connectivity index (χ4n) is 7.19. The molecule has 0 saturated heterocycles. The molecule has 2 aromatic heterocycles. The maximum absolute atomic E-state index is 6.61. The highest BCUT2D eigenvalue weighted by Crippen LogP contribution is 2.41. The largest absolute Gasteiger partial charge is 0.452 e. The lowest BCUT2D eigenvalue weighted by atomic mass is 9.98. The van der Waals surface area contributed by atoms with E-state index < -0.39 is 0 Å². The Kier molecular flexibility index (Phi) is 6.53. The van der Waals surface area contributed by atoms with E-state index in [9.17, 15) is 0 Å². The van der Waals surface area contributed by atoms with Crippen LogP contribution in [0, 0.1) is 0 Å². The van der Waals surface area contributed by atoms with Gasteiger partial charge < -0.3 is 14.2 Å². The van der Waals surface area contributed by atoms with Crippen LogP contribution in [0.25, 0.3) is 71.8 Å². The number of aliphatic imine (C=N–C) groups is 1. The molecule has 7 aromatic carbocycles. The summed E-state index contributed by atoms with van der Waals surface area (Å²) in [7, 11) is 0. The summed E-state index contributed by atoms with van der Waals surface area (Å²) in [6.07, 6.45) is 1.89. The van der Waals surface area contributed by atoms with Gasteiger partial charge in [0.05, 0.1) is 5.71 Å². The van der Waals surface area contributed by atoms with E-state index in [-0.39, 0.29) is 6.17 Å². The van der Waals surface area contributed by atoms with Crippen LogP contribution in [0.5, 0.6) is 0 Å². The number of fused-ring (bicyclic) bond motifs is 7. The van der Waals surface area contributed by atoms with E-state index in [1.165, 1.54) is 0 Å². The van der Waals surface area contributed by atoms with E-state index in [0.717, 1.165) is 94.2 Å². The molecule has 1 N–H and O–H groups in total. The van der Waals surface area contributed by atoms with Gasteiger partial charge in [0.15, 0.2) is 11.2 Å². The molecule has 3 heterocycles. The number of hydrogen-bond acceptors (Lipinski definition) is 4. The third-order valence-electron chi connectivity index (χ3n) is 9.72. The van der Waals surface area contributed by atoms with E-state index in [0.29, 0.717) is 0 Å². The summed E-state index contributed by atoms with van der Waals surface area (Å²) in [5.41, 5.74) is 13.0. The fraction of sp³-hybridized carbons (Fsp3) is 0.0217. The number of nitrogens with zero attached hydrogens (tertiary/aromatic N) is 1. The lowest BCUT2D eigenvalue weighted by Crippen LogP contribution is -2.24. The smallest absolute Gasteiger partial charge is 0.178 e. The molecule has 1 unspecified atom stereocenters. The number of hydrogen-bond donors (Lipinski definition) is 1. The van der Waals surface area contributed by atoms with Gasteiger partial charge in [0.1, 0.15) is 17.3 Å². The third kappa shape index (κ3) is 4.81. The van der Waals surface area contributed by atoms with Gasteiger partial charge in [-0.05, 0) is 87.5 Å². The first-order chi connectivity index (χ1) is 24.7. The van der Waals surface area contributed by atoms with E-state index >= 15 is 0 Å². The monoisotopic (exact) mass is 642 g/mol. The van der Waals surface area contributed by atoms with Crippen molar-refractivity contribution in [1.82, 2.24) is 5.32 Å². The molecule has 1 atom stereocenters. The van der Waals surface area contributed by atoms with Crippen LogP contribution in [0.4, 0.5) is 0 Å². The van der Waals surface area contributed by atoms with Crippen molar-refractivity contribution >= 4 is 55.3 Å². The van der Waals surface area contributed by atoms with Crippen molar-refractivity contribution in [1.29, 1.82) is 0 Å². The van der Waals surface area contributed by atoms with Crippen molar-refractivity contribution < 1.29 is 8.83 Å². The molecule has 0 spiro atoms. The van der Waals surface area contributed by atoms with E-state index in [1.54, 1.807) is 0 Å². The molecule has 0 aliphatic carbocycles. The van der Waals surface area contributed by atoms with Crippen LogP contribution >= 0.6 is 0 Å². The average Bonchev–Trinajstić information content (AvgIpc) is 3.76. The molecular weight excluding hydrogens is 613 g/mol. The Labute approximate surface area is 288 Å². The van der Waals surface area contributed by atoms with Gasteiger partial charge in [-0.1, -0.05) is 121 Å². The second-order valence-corrected chi connectivity index (χ2v) is 12.8. The molecule has 9 aromatic rings. The number of furan rings is 2. The predicted octanol–water partition coefficient (Wildman–Crippen LogP) is 12.0. The van der Waals surface area contributed by atoms with E-state index in [4.69, 9.17) is 13.8 Å². The summed E-state index contributed by atoms with van der Waals surface area (Å²) in [5.74, 6) is 0. The minimum absolute atomic E-state index is 0.246. The van der Waals surface area contributed by atoms with Crippen molar-refractivity contribution in [3.05, 3.63) is 187 Å². The van der Waals surface area contributed by atoms with Crippen molar-refractivity contribution in [3.8, 4) is 22.3 Å². The molecule has 4 heteroatoms. The van der Waals surface area contributed by atoms with Crippen molar-refractivity contribution in [3.63, 3.8) is 0 Å². The summed E-state index contributed by atoms with van der Waals surface area (Å²) in [6, 6.07) is 57.0. The first kappa shape index (κ1) is 28.4. The van der Waals surface area contributed by atoms with Crippen molar-refractivity contribution in [2.24, 2.45) is 4.99 Å². The molecule has 0 amide bonds. The summed E-state index contributed by atoms with van der Waals surface area (Å²) < 4.78 is 13.1. The lowest BCUT2D eigenvalue weighted by molar-refractivity contribution is 0.633. The highest BCUT2D eigenvalue weighted by atomic mass is 16.4. The zero-order valence-electron chi connectivity index (χ0n) is 27.0. The van der Waals surface area contributed by atoms with Gasteiger partial charge >= 0.3 is 0 Å². The minimum Gasteiger partial charge on any atom is -0.452 e. The Bertz CT molecular complexity index is 2770. The van der Waals surface area contributed by atoms with E-state index in [2.05, 4.69) is 157 Å². The Hall–Kier alpha value is -6.65. The van der Waals surface area contributed by atoms with Gasteiger partial charge in [-0.15, -0.1) is 0 Å². The van der Waals surface area contributed by atoms with Gasteiger partial charge in [0.2, 0.25) is 0 Å². The number of nitrogens with one attached hydrogen (secondary N) is 1. The summed E-state index contributed by atoms with van der Waals surface area (Å²) >= 11 is 0. The number of allylic oxidation sites excluding steroid dienone is 1. The third-order valence-corrected chi connectivity index (χ3v) is 9.72. The molecule has 4 nitrogen and oxygen atoms in total. The molecule has 0 radical (unpaired) electrons. The molecule has 0 saturated carbocycles. The molecule has 1 aliphatic rings. The lowest BCUT2D eigenvalue weighted by Gasteiger charge is -2.25. The van der Waals surface area contributed by atoms with Crippen LogP contribution in [0.2, 0.25) is 0 Å². The highest BCUT2D eigenvalue weighted by molar-refractivity contribution is 6.19. The predicted molar refractivity (Wildman–Crippen MR) is 205 cm³/mol. The van der Waals surface area contributed by atoms with Crippen LogP contribution in [-0.4, -0.2) is 5.71 Å². The van der Waals surface area contributed by atoms with Gasteiger partial charge in [-0.2, -0.15) is 0 Å². The van der Waals surface area contributed by atoms with Crippen LogP contribution in [-0.2, 0) is 0 Å². The van der Waals surface area contributed by atoms with Gasteiger partial charge in [0, 0.05) is 27.2 Å². The van der Waals surface area contributed by atoms with Gasteiger partial charge in [-0.3, -0.25) is 4.99 Å².